The van der Waals surface area contributed by atoms with Crippen molar-refractivity contribution in [2.24, 2.45) is 5.92 Å². The Morgan fingerprint density at radius 1 is 1.28 bits per heavy atom. The van der Waals surface area contributed by atoms with Gasteiger partial charge in [-0.1, -0.05) is 0 Å². The highest BCUT2D eigenvalue weighted by Crippen LogP contribution is 2.21. The van der Waals surface area contributed by atoms with E-state index >= 15 is 0 Å². The molecule has 0 radical (unpaired) electrons. The molecule has 0 aromatic heterocycles. The summed E-state index contributed by atoms with van der Waals surface area (Å²) < 4.78 is 10.4. The van der Waals surface area contributed by atoms with Gasteiger partial charge >= 0.3 is 12.1 Å². The molecular formula is C12H21NO5. The van der Waals surface area contributed by atoms with E-state index in [1.807, 2.05) is 0 Å². The third kappa shape index (κ3) is 4.18. The van der Waals surface area contributed by atoms with Crippen LogP contribution in [0.3, 0.4) is 0 Å². The van der Waals surface area contributed by atoms with Gasteiger partial charge in [0.25, 0.3) is 0 Å². The molecule has 0 aliphatic carbocycles. The molecule has 1 rings (SSSR count). The standard InChI is InChI=1S/C12H21NO5/c1-12(2,3)18-11(16)13-6-8(10(14)15)5-9(7-13)17-4/h8-9H,5-7H2,1-4H3,(H,14,15). The lowest BCUT2D eigenvalue weighted by Crippen LogP contribution is -2.50. The number of piperidine rings is 1. The highest BCUT2D eigenvalue weighted by Gasteiger charge is 2.35. The van der Waals surface area contributed by atoms with Crippen molar-refractivity contribution >= 4 is 12.1 Å². The number of carboxylic acids is 1. The summed E-state index contributed by atoms with van der Waals surface area (Å²) in [6, 6.07) is 0. The van der Waals surface area contributed by atoms with Crippen LogP contribution < -0.4 is 0 Å². The maximum absolute atomic E-state index is 11.9. The molecule has 1 saturated heterocycles. The number of aliphatic carboxylic acids is 1. The van der Waals surface area contributed by atoms with Crippen LogP contribution in [0, 0.1) is 5.92 Å². The lowest BCUT2D eigenvalue weighted by Gasteiger charge is -2.36. The summed E-state index contributed by atoms with van der Waals surface area (Å²) in [4.78, 5) is 24.3. The Kier molecular flexibility index (Phi) is 4.56. The van der Waals surface area contributed by atoms with Crippen LogP contribution in [0.25, 0.3) is 0 Å². The molecule has 1 heterocycles. The van der Waals surface area contributed by atoms with E-state index in [2.05, 4.69) is 0 Å². The highest BCUT2D eigenvalue weighted by atomic mass is 16.6. The zero-order valence-electron chi connectivity index (χ0n) is 11.3. The molecule has 6 nitrogen and oxygen atoms in total. The molecule has 0 bridgehead atoms. The van der Waals surface area contributed by atoms with E-state index in [9.17, 15) is 9.59 Å². The Hall–Kier alpha value is -1.30. The zero-order valence-corrected chi connectivity index (χ0v) is 11.3. The van der Waals surface area contributed by atoms with E-state index in [0.29, 0.717) is 13.0 Å². The van der Waals surface area contributed by atoms with Gasteiger partial charge in [-0.05, 0) is 27.2 Å². The van der Waals surface area contributed by atoms with Crippen molar-refractivity contribution in [3.05, 3.63) is 0 Å². The van der Waals surface area contributed by atoms with Crippen LogP contribution in [0.5, 0.6) is 0 Å². The van der Waals surface area contributed by atoms with Gasteiger partial charge in [0.15, 0.2) is 0 Å². The number of methoxy groups -OCH3 is 1. The first-order chi connectivity index (χ1) is 8.23. The van der Waals surface area contributed by atoms with E-state index in [1.54, 1.807) is 20.8 Å². The van der Waals surface area contributed by atoms with Crippen LogP contribution in [0.1, 0.15) is 27.2 Å². The molecule has 1 fully saturated rings. The number of likely N-dealkylation sites (tertiary alicyclic amines) is 1. The van der Waals surface area contributed by atoms with Crippen molar-refractivity contribution in [2.75, 3.05) is 20.2 Å². The lowest BCUT2D eigenvalue weighted by atomic mass is 9.96. The largest absolute Gasteiger partial charge is 0.481 e. The van der Waals surface area contributed by atoms with Gasteiger partial charge in [-0.2, -0.15) is 0 Å². The predicted octanol–water partition coefficient (Wildman–Crippen LogP) is 1.34. The van der Waals surface area contributed by atoms with E-state index in [4.69, 9.17) is 14.6 Å². The van der Waals surface area contributed by atoms with Crippen LogP contribution in [-0.4, -0.2) is 54.0 Å². The van der Waals surface area contributed by atoms with Gasteiger partial charge in [0.1, 0.15) is 5.60 Å². The van der Waals surface area contributed by atoms with Crippen molar-refractivity contribution in [3.8, 4) is 0 Å². The van der Waals surface area contributed by atoms with E-state index in [-0.39, 0.29) is 12.6 Å². The van der Waals surface area contributed by atoms with Gasteiger partial charge in [0, 0.05) is 13.7 Å². The van der Waals surface area contributed by atoms with Crippen molar-refractivity contribution in [2.45, 2.75) is 38.9 Å². The minimum atomic E-state index is -0.912. The molecule has 1 amide bonds. The molecule has 1 aliphatic heterocycles. The van der Waals surface area contributed by atoms with Gasteiger partial charge in [-0.3, -0.25) is 4.79 Å². The van der Waals surface area contributed by atoms with Gasteiger partial charge in [-0.25, -0.2) is 4.79 Å². The van der Waals surface area contributed by atoms with Crippen LogP contribution in [0.15, 0.2) is 0 Å². The normalized spacial score (nSPS) is 24.8. The average Bonchev–Trinajstić information content (AvgIpc) is 2.26. The van der Waals surface area contributed by atoms with Crippen LogP contribution in [0.4, 0.5) is 4.79 Å². The molecule has 1 aliphatic rings. The second-order valence-corrected chi connectivity index (χ2v) is 5.51. The number of carbonyl (C=O) groups excluding carboxylic acids is 1. The number of rotatable bonds is 2. The molecule has 0 aromatic rings. The quantitative estimate of drug-likeness (QED) is 0.810. The van der Waals surface area contributed by atoms with Crippen LogP contribution in [-0.2, 0) is 14.3 Å². The van der Waals surface area contributed by atoms with Crippen molar-refractivity contribution in [1.82, 2.24) is 4.90 Å². The summed E-state index contributed by atoms with van der Waals surface area (Å²) in [5, 5.41) is 9.05. The van der Waals surface area contributed by atoms with Crippen LogP contribution in [0.2, 0.25) is 0 Å². The smallest absolute Gasteiger partial charge is 0.410 e. The van der Waals surface area contributed by atoms with Gasteiger partial charge in [-0.15, -0.1) is 0 Å². The number of nitrogens with zero attached hydrogens (tertiary/aromatic N) is 1. The molecule has 6 heteroatoms. The fourth-order valence-corrected chi connectivity index (χ4v) is 1.88. The molecular weight excluding hydrogens is 238 g/mol. The molecule has 1 N–H and O–H groups in total. The Labute approximate surface area is 107 Å². The SMILES string of the molecule is COC1CC(C(=O)O)CN(C(=O)OC(C)(C)C)C1. The molecule has 2 atom stereocenters. The molecule has 104 valence electrons. The number of carboxylic acid groups (broad SMARTS) is 1. The first kappa shape index (κ1) is 14.8. The molecule has 0 spiro atoms. The van der Waals surface area contributed by atoms with E-state index in [1.165, 1.54) is 12.0 Å². The molecule has 0 saturated carbocycles. The summed E-state index contributed by atoms with van der Waals surface area (Å²) in [6.07, 6.45) is -0.326. The fourth-order valence-electron chi connectivity index (χ4n) is 1.88. The van der Waals surface area contributed by atoms with E-state index in [0.717, 1.165) is 0 Å². The number of amides is 1. The van der Waals surface area contributed by atoms with Gasteiger partial charge in [0.2, 0.25) is 0 Å². The minimum absolute atomic E-state index is 0.171. The fraction of sp³-hybridized carbons (Fsp3) is 0.833. The number of carbonyl (C=O) groups is 2. The Morgan fingerprint density at radius 2 is 1.89 bits per heavy atom. The van der Waals surface area contributed by atoms with Gasteiger partial charge in [0.05, 0.1) is 18.6 Å². The zero-order chi connectivity index (χ0) is 13.9. The summed E-state index contributed by atoms with van der Waals surface area (Å²) in [5.41, 5.74) is -0.587. The second kappa shape index (κ2) is 5.56. The highest BCUT2D eigenvalue weighted by molar-refractivity contribution is 5.73. The summed E-state index contributed by atoms with van der Waals surface area (Å²) in [5.74, 6) is -1.51. The molecule has 18 heavy (non-hydrogen) atoms. The topological polar surface area (TPSA) is 76.1 Å². The summed E-state index contributed by atoms with van der Waals surface area (Å²) in [7, 11) is 1.52. The summed E-state index contributed by atoms with van der Waals surface area (Å²) >= 11 is 0. The Balaban J connectivity index is 2.69. The predicted molar refractivity (Wildman–Crippen MR) is 64.3 cm³/mol. The monoisotopic (exact) mass is 259 g/mol. The lowest BCUT2D eigenvalue weighted by molar-refractivity contribution is -0.145. The Morgan fingerprint density at radius 3 is 2.33 bits per heavy atom. The second-order valence-electron chi connectivity index (χ2n) is 5.51. The van der Waals surface area contributed by atoms with Crippen LogP contribution >= 0.6 is 0 Å². The Bertz CT molecular complexity index is 323. The van der Waals surface area contributed by atoms with Crippen molar-refractivity contribution < 1.29 is 24.2 Å². The number of ether oxygens (including phenoxy) is 2. The molecule has 2 unspecified atom stereocenters. The number of hydrogen-bond donors (Lipinski definition) is 1. The molecule has 0 aromatic carbocycles. The first-order valence-corrected chi connectivity index (χ1v) is 5.96. The van der Waals surface area contributed by atoms with E-state index < -0.39 is 23.6 Å². The van der Waals surface area contributed by atoms with Crippen molar-refractivity contribution in [1.29, 1.82) is 0 Å². The van der Waals surface area contributed by atoms with Gasteiger partial charge < -0.3 is 19.5 Å². The summed E-state index contributed by atoms with van der Waals surface area (Å²) in [6.45, 7) is 5.87. The third-order valence-corrected chi connectivity index (χ3v) is 2.75. The number of hydrogen-bond acceptors (Lipinski definition) is 4. The van der Waals surface area contributed by atoms with Crippen molar-refractivity contribution in [3.63, 3.8) is 0 Å². The minimum Gasteiger partial charge on any atom is -0.481 e. The average molecular weight is 259 g/mol. The maximum Gasteiger partial charge on any atom is 0.410 e. The maximum atomic E-state index is 11.9. The third-order valence-electron chi connectivity index (χ3n) is 2.75. The first-order valence-electron chi connectivity index (χ1n) is 5.96.